The van der Waals surface area contributed by atoms with Crippen molar-refractivity contribution in [2.75, 3.05) is 6.61 Å². The summed E-state index contributed by atoms with van der Waals surface area (Å²) in [6.45, 7) is 5.66. The van der Waals surface area contributed by atoms with Crippen LogP contribution in [0.4, 0.5) is 0 Å². The minimum atomic E-state index is -0.306. The molecule has 0 aromatic heterocycles. The summed E-state index contributed by atoms with van der Waals surface area (Å²) in [7, 11) is 0. The van der Waals surface area contributed by atoms with Gasteiger partial charge in [0.2, 0.25) is 5.91 Å². The van der Waals surface area contributed by atoms with Gasteiger partial charge in [0.05, 0.1) is 12.5 Å². The number of halogens is 1. The van der Waals surface area contributed by atoms with Crippen LogP contribution in [0.3, 0.4) is 0 Å². The first-order valence-electron chi connectivity index (χ1n) is 8.35. The van der Waals surface area contributed by atoms with Crippen molar-refractivity contribution in [3.8, 4) is 0 Å². The molecule has 0 radical (unpaired) electrons. The van der Waals surface area contributed by atoms with Crippen LogP contribution < -0.4 is 11.1 Å². The Hall–Kier alpha value is -1.88. The molecule has 136 valence electrons. The summed E-state index contributed by atoms with van der Waals surface area (Å²) in [5, 5.41) is 2.96. The third kappa shape index (κ3) is 6.50. The number of hydrogen-bond acceptors (Lipinski definition) is 3. The second kappa shape index (κ2) is 10.9. The fourth-order valence-electron chi connectivity index (χ4n) is 2.45. The summed E-state index contributed by atoms with van der Waals surface area (Å²) in [6.07, 6.45) is 0. The summed E-state index contributed by atoms with van der Waals surface area (Å²) < 4.78 is 5.37. The molecule has 25 heavy (non-hydrogen) atoms. The number of hydrogen-bond donors (Lipinski definition) is 2. The van der Waals surface area contributed by atoms with Crippen LogP contribution >= 0.6 is 12.4 Å². The van der Waals surface area contributed by atoms with Gasteiger partial charge in [-0.3, -0.25) is 4.79 Å². The Bertz CT molecular complexity index is 632. The molecular weight excluding hydrogens is 336 g/mol. The SMILES string of the molecule is CCOCc1ccc(CNC(=O)C(C)C(N)c2ccccc2)cc1.Cl. The summed E-state index contributed by atoms with van der Waals surface area (Å²) in [4.78, 5) is 12.3. The van der Waals surface area contributed by atoms with E-state index in [2.05, 4.69) is 5.32 Å². The largest absolute Gasteiger partial charge is 0.377 e. The number of ether oxygens (including phenoxy) is 1. The van der Waals surface area contributed by atoms with Gasteiger partial charge in [0.1, 0.15) is 0 Å². The van der Waals surface area contributed by atoms with Gasteiger partial charge in [0, 0.05) is 19.2 Å². The Morgan fingerprint density at radius 1 is 1.08 bits per heavy atom. The summed E-state index contributed by atoms with van der Waals surface area (Å²) in [5.74, 6) is -0.325. The maximum atomic E-state index is 12.3. The van der Waals surface area contributed by atoms with Crippen molar-refractivity contribution in [1.82, 2.24) is 5.32 Å². The van der Waals surface area contributed by atoms with E-state index in [-0.39, 0.29) is 30.3 Å². The second-order valence-corrected chi connectivity index (χ2v) is 5.90. The van der Waals surface area contributed by atoms with Crippen molar-refractivity contribution >= 4 is 18.3 Å². The van der Waals surface area contributed by atoms with E-state index in [1.54, 1.807) is 0 Å². The first-order chi connectivity index (χ1) is 11.6. The number of benzene rings is 2. The zero-order valence-electron chi connectivity index (χ0n) is 14.8. The number of carbonyl (C=O) groups excluding carboxylic acids is 1. The van der Waals surface area contributed by atoms with Crippen LogP contribution in [-0.2, 0) is 22.7 Å². The van der Waals surface area contributed by atoms with Crippen molar-refractivity contribution in [1.29, 1.82) is 0 Å². The van der Waals surface area contributed by atoms with Gasteiger partial charge in [-0.25, -0.2) is 0 Å². The van der Waals surface area contributed by atoms with E-state index < -0.39 is 0 Å². The molecule has 0 aliphatic carbocycles. The Labute approximate surface area is 156 Å². The van der Waals surface area contributed by atoms with Crippen molar-refractivity contribution in [3.05, 3.63) is 71.3 Å². The molecule has 0 fully saturated rings. The molecule has 2 atom stereocenters. The number of carbonyl (C=O) groups is 1. The standard InChI is InChI=1S/C20H26N2O2.ClH/c1-3-24-14-17-11-9-16(10-12-17)13-22-20(23)15(2)19(21)18-7-5-4-6-8-18;/h4-12,15,19H,3,13-14,21H2,1-2H3,(H,22,23);1H. The summed E-state index contributed by atoms with van der Waals surface area (Å²) >= 11 is 0. The van der Waals surface area contributed by atoms with Gasteiger partial charge in [0.15, 0.2) is 0 Å². The smallest absolute Gasteiger partial charge is 0.225 e. The molecule has 0 spiro atoms. The molecule has 2 rings (SSSR count). The highest BCUT2D eigenvalue weighted by atomic mass is 35.5. The van der Waals surface area contributed by atoms with E-state index >= 15 is 0 Å². The van der Waals surface area contributed by atoms with Crippen molar-refractivity contribution in [2.24, 2.45) is 11.7 Å². The van der Waals surface area contributed by atoms with E-state index in [0.717, 1.165) is 16.7 Å². The molecule has 3 N–H and O–H groups in total. The topological polar surface area (TPSA) is 64.3 Å². The predicted molar refractivity (Wildman–Crippen MR) is 103 cm³/mol. The van der Waals surface area contributed by atoms with E-state index in [4.69, 9.17) is 10.5 Å². The molecular formula is C20H27ClN2O2. The van der Waals surface area contributed by atoms with Crippen molar-refractivity contribution < 1.29 is 9.53 Å². The lowest BCUT2D eigenvalue weighted by Gasteiger charge is -2.20. The van der Waals surface area contributed by atoms with Gasteiger partial charge in [-0.15, -0.1) is 12.4 Å². The van der Waals surface area contributed by atoms with Crippen LogP contribution in [0, 0.1) is 5.92 Å². The zero-order chi connectivity index (χ0) is 17.4. The molecule has 4 nitrogen and oxygen atoms in total. The van der Waals surface area contributed by atoms with E-state index in [0.29, 0.717) is 19.8 Å². The highest BCUT2D eigenvalue weighted by Gasteiger charge is 2.21. The van der Waals surface area contributed by atoms with Crippen LogP contribution in [0.2, 0.25) is 0 Å². The van der Waals surface area contributed by atoms with E-state index in [1.165, 1.54) is 0 Å². The predicted octanol–water partition coefficient (Wildman–Crippen LogP) is 3.60. The van der Waals surface area contributed by atoms with Crippen LogP contribution in [-0.4, -0.2) is 12.5 Å². The van der Waals surface area contributed by atoms with Gasteiger partial charge in [-0.2, -0.15) is 0 Å². The molecule has 0 aliphatic heterocycles. The van der Waals surface area contributed by atoms with Crippen molar-refractivity contribution in [3.63, 3.8) is 0 Å². The normalized spacial score (nSPS) is 12.8. The average Bonchev–Trinajstić information content (AvgIpc) is 2.64. The van der Waals surface area contributed by atoms with E-state index in [9.17, 15) is 4.79 Å². The lowest BCUT2D eigenvalue weighted by atomic mass is 9.94. The van der Waals surface area contributed by atoms with Gasteiger partial charge in [-0.05, 0) is 23.6 Å². The maximum Gasteiger partial charge on any atom is 0.225 e. The zero-order valence-corrected chi connectivity index (χ0v) is 15.6. The Balaban J connectivity index is 0.00000312. The Morgan fingerprint density at radius 3 is 2.28 bits per heavy atom. The van der Waals surface area contributed by atoms with Crippen LogP contribution in [0.1, 0.15) is 36.6 Å². The average molecular weight is 363 g/mol. The molecule has 2 aromatic rings. The summed E-state index contributed by atoms with van der Waals surface area (Å²) in [5.41, 5.74) is 9.36. The minimum Gasteiger partial charge on any atom is -0.377 e. The first-order valence-corrected chi connectivity index (χ1v) is 8.35. The molecule has 0 aliphatic rings. The number of nitrogens with two attached hydrogens (primary N) is 1. The van der Waals surface area contributed by atoms with Crippen LogP contribution in [0.25, 0.3) is 0 Å². The number of nitrogens with one attached hydrogen (secondary N) is 1. The highest BCUT2D eigenvalue weighted by molar-refractivity contribution is 5.85. The first kappa shape index (κ1) is 21.2. The molecule has 5 heteroatoms. The van der Waals surface area contributed by atoms with Crippen LogP contribution in [0.15, 0.2) is 54.6 Å². The number of amides is 1. The molecule has 2 aromatic carbocycles. The van der Waals surface area contributed by atoms with Gasteiger partial charge >= 0.3 is 0 Å². The second-order valence-electron chi connectivity index (χ2n) is 5.90. The summed E-state index contributed by atoms with van der Waals surface area (Å²) in [6, 6.07) is 17.5. The monoisotopic (exact) mass is 362 g/mol. The van der Waals surface area contributed by atoms with Gasteiger partial charge < -0.3 is 15.8 Å². The molecule has 0 bridgehead atoms. The van der Waals surface area contributed by atoms with Crippen molar-refractivity contribution in [2.45, 2.75) is 33.0 Å². The van der Waals surface area contributed by atoms with Gasteiger partial charge in [-0.1, -0.05) is 61.5 Å². The Kier molecular flexibility index (Phi) is 9.21. The molecule has 2 unspecified atom stereocenters. The number of rotatable bonds is 8. The molecule has 0 saturated carbocycles. The maximum absolute atomic E-state index is 12.3. The highest BCUT2D eigenvalue weighted by Crippen LogP contribution is 2.19. The lowest BCUT2D eigenvalue weighted by Crippen LogP contribution is -2.35. The quantitative estimate of drug-likeness (QED) is 0.754. The fourth-order valence-corrected chi connectivity index (χ4v) is 2.45. The fraction of sp³-hybridized carbons (Fsp3) is 0.350. The third-order valence-electron chi connectivity index (χ3n) is 4.10. The molecule has 0 heterocycles. The third-order valence-corrected chi connectivity index (χ3v) is 4.10. The van der Waals surface area contributed by atoms with Crippen LogP contribution in [0.5, 0.6) is 0 Å². The molecule has 1 amide bonds. The Morgan fingerprint density at radius 2 is 1.68 bits per heavy atom. The van der Waals surface area contributed by atoms with Gasteiger partial charge in [0.25, 0.3) is 0 Å². The van der Waals surface area contributed by atoms with E-state index in [1.807, 2.05) is 68.4 Å². The molecule has 0 saturated heterocycles. The minimum absolute atomic E-state index is 0. The lowest BCUT2D eigenvalue weighted by molar-refractivity contribution is -0.125.